The molecular formula is C12H20N4. The molecule has 0 amide bonds. The van der Waals surface area contributed by atoms with Crippen molar-refractivity contribution < 1.29 is 0 Å². The molecule has 1 aromatic heterocycles. The minimum atomic E-state index is 0.0810. The molecule has 1 saturated carbocycles. The Morgan fingerprint density at radius 3 is 2.88 bits per heavy atom. The zero-order valence-corrected chi connectivity index (χ0v) is 9.84. The summed E-state index contributed by atoms with van der Waals surface area (Å²) >= 11 is 0. The predicted octanol–water partition coefficient (Wildman–Crippen LogP) is 1.31. The zero-order valence-electron chi connectivity index (χ0n) is 9.84. The van der Waals surface area contributed by atoms with E-state index in [0.29, 0.717) is 6.04 Å². The van der Waals surface area contributed by atoms with E-state index in [-0.39, 0.29) is 6.04 Å². The number of nitrogens with zero attached hydrogens (tertiary/aromatic N) is 3. The topological polar surface area (TPSA) is 47.1 Å². The van der Waals surface area contributed by atoms with E-state index in [1.807, 2.05) is 19.4 Å². The molecule has 2 heterocycles. The number of imidazole rings is 1. The molecule has 1 saturated heterocycles. The average molecular weight is 220 g/mol. The third kappa shape index (κ3) is 1.76. The maximum Gasteiger partial charge on any atom is 0.0951 e. The van der Waals surface area contributed by atoms with Crippen molar-refractivity contribution in [3.63, 3.8) is 0 Å². The lowest BCUT2D eigenvalue weighted by Gasteiger charge is -2.18. The number of hydrogen-bond acceptors (Lipinski definition) is 3. The first kappa shape index (κ1) is 10.3. The Morgan fingerprint density at radius 2 is 2.19 bits per heavy atom. The van der Waals surface area contributed by atoms with Gasteiger partial charge in [-0.3, -0.25) is 4.90 Å². The first-order valence-electron chi connectivity index (χ1n) is 6.27. The Kier molecular flexibility index (Phi) is 2.48. The molecule has 0 aromatic carbocycles. The molecule has 0 bridgehead atoms. The Labute approximate surface area is 96.4 Å². The molecule has 0 spiro atoms. The summed E-state index contributed by atoms with van der Waals surface area (Å²) < 4.78 is 2.28. The van der Waals surface area contributed by atoms with E-state index in [2.05, 4.69) is 14.5 Å². The summed E-state index contributed by atoms with van der Waals surface area (Å²) in [5, 5.41) is 0. The van der Waals surface area contributed by atoms with Gasteiger partial charge in [0.15, 0.2) is 0 Å². The lowest BCUT2D eigenvalue weighted by molar-refractivity contribution is 0.312. The zero-order chi connectivity index (χ0) is 11.1. The summed E-state index contributed by atoms with van der Waals surface area (Å²) in [5.41, 5.74) is 7.13. The Morgan fingerprint density at radius 1 is 1.38 bits per heavy atom. The Bertz CT molecular complexity index is 367. The van der Waals surface area contributed by atoms with E-state index < -0.39 is 0 Å². The highest BCUT2D eigenvalue weighted by molar-refractivity contribution is 5.06. The van der Waals surface area contributed by atoms with Gasteiger partial charge in [0.1, 0.15) is 0 Å². The molecular weight excluding hydrogens is 200 g/mol. The van der Waals surface area contributed by atoms with Crippen molar-refractivity contribution in [1.29, 1.82) is 0 Å². The van der Waals surface area contributed by atoms with E-state index in [1.54, 1.807) is 0 Å². The normalized spacial score (nSPS) is 28.5. The van der Waals surface area contributed by atoms with Crippen LogP contribution in [-0.2, 0) is 0 Å². The number of hydrogen-bond donors (Lipinski definition) is 1. The molecule has 2 N–H and O–H groups in total. The van der Waals surface area contributed by atoms with Crippen LogP contribution in [0.15, 0.2) is 12.5 Å². The van der Waals surface area contributed by atoms with Gasteiger partial charge in [-0.2, -0.15) is 0 Å². The fourth-order valence-corrected chi connectivity index (χ4v) is 2.74. The van der Waals surface area contributed by atoms with Crippen molar-refractivity contribution in [2.24, 2.45) is 5.73 Å². The molecule has 1 aromatic rings. The van der Waals surface area contributed by atoms with Crippen LogP contribution in [0.1, 0.15) is 44.0 Å². The summed E-state index contributed by atoms with van der Waals surface area (Å²) in [6, 6.07) is 1.55. The number of nitrogens with two attached hydrogens (primary N) is 1. The summed E-state index contributed by atoms with van der Waals surface area (Å²) in [4.78, 5) is 6.86. The third-order valence-electron chi connectivity index (χ3n) is 3.81. The molecule has 1 aliphatic heterocycles. The van der Waals surface area contributed by atoms with Gasteiger partial charge in [-0.1, -0.05) is 0 Å². The molecule has 16 heavy (non-hydrogen) atoms. The molecule has 0 radical (unpaired) electrons. The second-order valence-corrected chi connectivity index (χ2v) is 5.18. The minimum absolute atomic E-state index is 0.0810. The van der Waals surface area contributed by atoms with Gasteiger partial charge in [-0.05, 0) is 26.2 Å². The van der Waals surface area contributed by atoms with Crippen LogP contribution in [-0.4, -0.2) is 33.6 Å². The predicted molar refractivity (Wildman–Crippen MR) is 63.1 cm³/mol. The van der Waals surface area contributed by atoms with Crippen LogP contribution >= 0.6 is 0 Å². The highest BCUT2D eigenvalue weighted by Gasteiger charge is 2.35. The monoisotopic (exact) mass is 220 g/mol. The molecule has 3 rings (SSSR count). The van der Waals surface area contributed by atoms with E-state index in [9.17, 15) is 0 Å². The van der Waals surface area contributed by atoms with Gasteiger partial charge in [0.25, 0.3) is 0 Å². The maximum atomic E-state index is 5.96. The Balaban J connectivity index is 1.74. The van der Waals surface area contributed by atoms with Crippen molar-refractivity contribution in [1.82, 2.24) is 14.5 Å². The molecule has 4 nitrogen and oxygen atoms in total. The fraction of sp³-hybridized carbons (Fsp3) is 0.750. The summed E-state index contributed by atoms with van der Waals surface area (Å²) in [5.74, 6) is 0. The van der Waals surface area contributed by atoms with Crippen molar-refractivity contribution >= 4 is 0 Å². The van der Waals surface area contributed by atoms with Gasteiger partial charge in [0.05, 0.1) is 12.0 Å². The molecule has 2 atom stereocenters. The highest BCUT2D eigenvalue weighted by Crippen LogP contribution is 2.34. The van der Waals surface area contributed by atoms with E-state index in [0.717, 1.165) is 6.04 Å². The first-order chi connectivity index (χ1) is 7.75. The molecule has 4 heteroatoms. The van der Waals surface area contributed by atoms with Crippen molar-refractivity contribution in [2.75, 3.05) is 13.1 Å². The van der Waals surface area contributed by atoms with E-state index in [1.165, 1.54) is 38.0 Å². The fourth-order valence-electron chi connectivity index (χ4n) is 2.74. The quantitative estimate of drug-likeness (QED) is 0.835. The van der Waals surface area contributed by atoms with Crippen molar-refractivity contribution in [2.45, 2.75) is 44.3 Å². The van der Waals surface area contributed by atoms with Crippen LogP contribution in [0.3, 0.4) is 0 Å². The van der Waals surface area contributed by atoms with Crippen molar-refractivity contribution in [3.05, 3.63) is 18.2 Å². The van der Waals surface area contributed by atoms with Crippen LogP contribution in [0.4, 0.5) is 0 Å². The van der Waals surface area contributed by atoms with E-state index >= 15 is 0 Å². The molecule has 88 valence electrons. The second-order valence-electron chi connectivity index (χ2n) is 5.18. The minimum Gasteiger partial charge on any atom is -0.329 e. The maximum absolute atomic E-state index is 5.96. The summed E-state index contributed by atoms with van der Waals surface area (Å²) in [6.07, 6.45) is 7.89. The highest BCUT2D eigenvalue weighted by atomic mass is 15.2. The van der Waals surface area contributed by atoms with Crippen LogP contribution in [0, 0.1) is 0 Å². The summed E-state index contributed by atoms with van der Waals surface area (Å²) in [6.45, 7) is 4.45. The van der Waals surface area contributed by atoms with Crippen molar-refractivity contribution in [3.8, 4) is 0 Å². The molecule has 1 aliphatic carbocycles. The van der Waals surface area contributed by atoms with Gasteiger partial charge in [-0.15, -0.1) is 0 Å². The van der Waals surface area contributed by atoms with Gasteiger partial charge in [0, 0.05) is 37.4 Å². The Hall–Kier alpha value is -0.870. The lowest BCUT2D eigenvalue weighted by Crippen LogP contribution is -2.24. The number of likely N-dealkylation sites (tertiary alicyclic amines) is 1. The van der Waals surface area contributed by atoms with Crippen LogP contribution in [0.25, 0.3) is 0 Å². The smallest absolute Gasteiger partial charge is 0.0951 e. The largest absolute Gasteiger partial charge is 0.329 e. The average Bonchev–Trinajstić information content (AvgIpc) is 2.83. The summed E-state index contributed by atoms with van der Waals surface area (Å²) in [7, 11) is 0. The third-order valence-corrected chi connectivity index (χ3v) is 3.81. The number of rotatable bonds is 3. The van der Waals surface area contributed by atoms with Crippen LogP contribution < -0.4 is 5.73 Å². The van der Waals surface area contributed by atoms with Gasteiger partial charge in [0.2, 0.25) is 0 Å². The molecule has 2 aliphatic rings. The van der Waals surface area contributed by atoms with Gasteiger partial charge in [-0.25, -0.2) is 4.98 Å². The van der Waals surface area contributed by atoms with E-state index in [4.69, 9.17) is 5.73 Å². The lowest BCUT2D eigenvalue weighted by atomic mass is 10.2. The molecule has 2 fully saturated rings. The van der Waals surface area contributed by atoms with Gasteiger partial charge < -0.3 is 10.3 Å². The molecule has 2 unspecified atom stereocenters. The first-order valence-corrected chi connectivity index (χ1v) is 6.27. The van der Waals surface area contributed by atoms with Gasteiger partial charge >= 0.3 is 0 Å². The standard InChI is InChI=1S/C12H20N4/c1-9(13)12-6-14-8-16(12)11-4-5-15(7-11)10-2-3-10/h6,8-11H,2-5,7,13H2,1H3. The second kappa shape index (κ2) is 3.86. The van der Waals surface area contributed by atoms with Crippen LogP contribution in [0.2, 0.25) is 0 Å². The SMILES string of the molecule is CC(N)c1cncn1C1CCN(C2CC2)C1. The van der Waals surface area contributed by atoms with Crippen LogP contribution in [0.5, 0.6) is 0 Å². The number of aromatic nitrogens is 2.